The average Bonchev–Trinajstić information content (AvgIpc) is 3.22. The highest BCUT2D eigenvalue weighted by molar-refractivity contribution is 7.98. The van der Waals surface area contributed by atoms with Crippen molar-refractivity contribution >= 4 is 23.4 Å². The van der Waals surface area contributed by atoms with Crippen LogP contribution in [0.25, 0.3) is 0 Å². The number of ether oxygens (including phenoxy) is 2. The summed E-state index contributed by atoms with van der Waals surface area (Å²) in [5.41, 5.74) is 1.30. The van der Waals surface area contributed by atoms with E-state index in [2.05, 4.69) is 0 Å². The Balaban J connectivity index is 1.62. The fourth-order valence-corrected chi connectivity index (χ4v) is 4.30. The van der Waals surface area contributed by atoms with E-state index in [1.54, 1.807) is 23.3 Å². The van der Waals surface area contributed by atoms with Crippen LogP contribution in [-0.4, -0.2) is 41.7 Å². The van der Waals surface area contributed by atoms with Crippen LogP contribution >= 0.6 is 11.8 Å². The summed E-state index contributed by atoms with van der Waals surface area (Å²) in [6, 6.07) is 10.4. The molecule has 2 aliphatic rings. The van der Waals surface area contributed by atoms with E-state index < -0.39 is 4.92 Å². The van der Waals surface area contributed by atoms with Crippen LogP contribution in [-0.2, 0) is 0 Å². The maximum atomic E-state index is 13.1. The Morgan fingerprint density at radius 2 is 1.96 bits per heavy atom. The van der Waals surface area contributed by atoms with Gasteiger partial charge < -0.3 is 14.4 Å². The summed E-state index contributed by atoms with van der Waals surface area (Å²) in [6.45, 7) is 1.66. The number of likely N-dealkylation sites (tertiary alicyclic amines) is 1. The Labute approximate surface area is 166 Å². The summed E-state index contributed by atoms with van der Waals surface area (Å²) in [5, 5.41) is 11.3. The van der Waals surface area contributed by atoms with Gasteiger partial charge in [0.25, 0.3) is 11.6 Å². The Morgan fingerprint density at radius 3 is 2.71 bits per heavy atom. The SMILES string of the molecule is CSc1ccc(C(=O)N2CCC[C@@H]2c2ccc3c(c2)OCCO3)cc1[N+](=O)[O-]. The topological polar surface area (TPSA) is 81.9 Å². The molecule has 0 saturated carbocycles. The third-order valence-electron chi connectivity index (χ3n) is 5.09. The van der Waals surface area contributed by atoms with Gasteiger partial charge in [0.15, 0.2) is 11.5 Å². The Bertz CT molecular complexity index is 933. The van der Waals surface area contributed by atoms with Crippen LogP contribution in [0.3, 0.4) is 0 Å². The van der Waals surface area contributed by atoms with Gasteiger partial charge in [-0.1, -0.05) is 6.07 Å². The molecule has 4 rings (SSSR count). The first kappa shape index (κ1) is 18.6. The summed E-state index contributed by atoms with van der Waals surface area (Å²) in [7, 11) is 0. The lowest BCUT2D eigenvalue weighted by atomic mass is 10.0. The highest BCUT2D eigenvalue weighted by Crippen LogP contribution is 2.39. The molecular weight excluding hydrogens is 380 g/mol. The molecule has 2 aromatic rings. The molecular formula is C20H20N2O5S. The van der Waals surface area contributed by atoms with Gasteiger partial charge in [0.05, 0.1) is 15.9 Å². The lowest BCUT2D eigenvalue weighted by Gasteiger charge is -2.27. The molecule has 0 N–H and O–H groups in total. The number of nitro benzene ring substituents is 1. The number of carbonyl (C=O) groups excluding carboxylic acids is 1. The molecule has 7 nitrogen and oxygen atoms in total. The number of hydrogen-bond acceptors (Lipinski definition) is 6. The molecule has 0 spiro atoms. The summed E-state index contributed by atoms with van der Waals surface area (Å²) in [6.07, 6.45) is 3.51. The Morgan fingerprint density at radius 1 is 1.18 bits per heavy atom. The van der Waals surface area contributed by atoms with E-state index >= 15 is 0 Å². The fourth-order valence-electron chi connectivity index (χ4n) is 3.76. The van der Waals surface area contributed by atoms with Crippen LogP contribution in [0.15, 0.2) is 41.3 Å². The lowest BCUT2D eigenvalue weighted by molar-refractivity contribution is -0.387. The number of fused-ring (bicyclic) bond motifs is 1. The highest BCUT2D eigenvalue weighted by atomic mass is 32.2. The van der Waals surface area contributed by atoms with Crippen LogP contribution in [0.5, 0.6) is 11.5 Å². The maximum Gasteiger partial charge on any atom is 0.283 e. The minimum atomic E-state index is -0.440. The van der Waals surface area contributed by atoms with Crippen LogP contribution in [0.1, 0.15) is 34.8 Å². The number of carbonyl (C=O) groups is 1. The minimum absolute atomic E-state index is 0.0339. The van der Waals surface area contributed by atoms with Crippen molar-refractivity contribution in [3.63, 3.8) is 0 Å². The van der Waals surface area contributed by atoms with Gasteiger partial charge in [-0.05, 0) is 48.9 Å². The predicted molar refractivity (Wildman–Crippen MR) is 105 cm³/mol. The molecule has 1 amide bonds. The Hall–Kier alpha value is -2.74. The van der Waals surface area contributed by atoms with Crippen molar-refractivity contribution in [2.45, 2.75) is 23.8 Å². The number of amides is 1. The highest BCUT2D eigenvalue weighted by Gasteiger charge is 2.32. The lowest BCUT2D eigenvalue weighted by Crippen LogP contribution is -2.30. The summed E-state index contributed by atoms with van der Waals surface area (Å²) >= 11 is 1.29. The first-order valence-electron chi connectivity index (χ1n) is 9.11. The number of nitrogens with zero attached hydrogens (tertiary/aromatic N) is 2. The van der Waals surface area contributed by atoms with Crippen molar-refractivity contribution in [3.05, 3.63) is 57.6 Å². The molecule has 1 saturated heterocycles. The number of rotatable bonds is 4. The minimum Gasteiger partial charge on any atom is -0.486 e. The van der Waals surface area contributed by atoms with Crippen molar-refractivity contribution < 1.29 is 19.2 Å². The molecule has 0 aliphatic carbocycles. The molecule has 8 heteroatoms. The number of hydrogen-bond donors (Lipinski definition) is 0. The van der Waals surface area contributed by atoms with Crippen molar-refractivity contribution in [2.75, 3.05) is 26.0 Å². The second-order valence-electron chi connectivity index (χ2n) is 6.70. The Kier molecular flexibility index (Phi) is 5.13. The molecule has 28 heavy (non-hydrogen) atoms. The van der Waals surface area contributed by atoms with Crippen LogP contribution in [0.2, 0.25) is 0 Å². The molecule has 0 unspecified atom stereocenters. The third-order valence-corrected chi connectivity index (χ3v) is 5.87. The van der Waals surface area contributed by atoms with Crippen LogP contribution in [0, 0.1) is 10.1 Å². The predicted octanol–water partition coefficient (Wildman–Crippen LogP) is 4.07. The first-order valence-corrected chi connectivity index (χ1v) is 10.3. The van der Waals surface area contributed by atoms with Gasteiger partial charge in [-0.15, -0.1) is 11.8 Å². The van der Waals surface area contributed by atoms with E-state index in [9.17, 15) is 14.9 Å². The van der Waals surface area contributed by atoms with Gasteiger partial charge in [-0.2, -0.15) is 0 Å². The standard InChI is InChI=1S/C20H20N2O5S/c1-28-19-7-5-14(11-16(19)22(24)25)20(23)21-8-2-3-15(21)13-4-6-17-18(12-13)27-10-9-26-17/h4-7,11-12,15H,2-3,8-10H2,1H3/t15-/m1/s1. The van der Waals surface area contributed by atoms with Gasteiger partial charge in [0.1, 0.15) is 13.2 Å². The fraction of sp³-hybridized carbons (Fsp3) is 0.350. The van der Waals surface area contributed by atoms with Crippen molar-refractivity contribution in [1.29, 1.82) is 0 Å². The second-order valence-corrected chi connectivity index (χ2v) is 7.55. The van der Waals surface area contributed by atoms with E-state index in [1.807, 2.05) is 18.2 Å². The molecule has 2 heterocycles. The van der Waals surface area contributed by atoms with Crippen molar-refractivity contribution in [3.8, 4) is 11.5 Å². The molecule has 0 bridgehead atoms. The van der Waals surface area contributed by atoms with Gasteiger partial charge in [0, 0.05) is 18.2 Å². The zero-order valence-electron chi connectivity index (χ0n) is 15.4. The summed E-state index contributed by atoms with van der Waals surface area (Å²) in [4.78, 5) is 26.4. The van der Waals surface area contributed by atoms with E-state index in [0.717, 1.165) is 18.4 Å². The normalized spacial score (nSPS) is 18.2. The maximum absolute atomic E-state index is 13.1. The van der Waals surface area contributed by atoms with Crippen molar-refractivity contribution in [1.82, 2.24) is 4.90 Å². The van der Waals surface area contributed by atoms with E-state index in [1.165, 1.54) is 17.8 Å². The van der Waals surface area contributed by atoms with E-state index in [4.69, 9.17) is 9.47 Å². The van der Waals surface area contributed by atoms with Crippen molar-refractivity contribution in [2.24, 2.45) is 0 Å². The molecule has 1 fully saturated rings. The number of nitro groups is 1. The average molecular weight is 400 g/mol. The van der Waals surface area contributed by atoms with Crippen LogP contribution < -0.4 is 9.47 Å². The largest absolute Gasteiger partial charge is 0.486 e. The zero-order chi connectivity index (χ0) is 19.7. The summed E-state index contributed by atoms with van der Waals surface area (Å²) < 4.78 is 11.2. The van der Waals surface area contributed by atoms with Gasteiger partial charge in [0.2, 0.25) is 0 Å². The molecule has 0 aromatic heterocycles. The number of benzene rings is 2. The monoisotopic (exact) mass is 400 g/mol. The van der Waals surface area contributed by atoms with Gasteiger partial charge >= 0.3 is 0 Å². The molecule has 2 aliphatic heterocycles. The molecule has 146 valence electrons. The van der Waals surface area contributed by atoms with Gasteiger partial charge in [-0.3, -0.25) is 14.9 Å². The van der Waals surface area contributed by atoms with E-state index in [-0.39, 0.29) is 17.6 Å². The molecule has 1 atom stereocenters. The second kappa shape index (κ2) is 7.71. The molecule has 0 radical (unpaired) electrons. The molecule has 2 aromatic carbocycles. The van der Waals surface area contributed by atoms with E-state index in [0.29, 0.717) is 41.7 Å². The first-order chi connectivity index (χ1) is 13.6. The van der Waals surface area contributed by atoms with Gasteiger partial charge in [-0.25, -0.2) is 0 Å². The van der Waals surface area contributed by atoms with Crippen LogP contribution in [0.4, 0.5) is 5.69 Å². The smallest absolute Gasteiger partial charge is 0.283 e. The zero-order valence-corrected chi connectivity index (χ0v) is 16.2. The number of thioether (sulfide) groups is 1. The summed E-state index contributed by atoms with van der Waals surface area (Å²) in [5.74, 6) is 1.23. The quantitative estimate of drug-likeness (QED) is 0.437. The third kappa shape index (κ3) is 3.40.